The number of aromatic nitrogens is 3. The number of hydrogen-bond donors (Lipinski definition) is 0. The van der Waals surface area contributed by atoms with E-state index in [1.165, 1.54) is 15.9 Å². The second-order valence-corrected chi connectivity index (χ2v) is 8.40. The van der Waals surface area contributed by atoms with E-state index in [9.17, 15) is 4.79 Å². The van der Waals surface area contributed by atoms with Gasteiger partial charge in [-0.15, -0.1) is 16.4 Å². The van der Waals surface area contributed by atoms with Gasteiger partial charge in [-0.1, -0.05) is 30.4 Å². The first-order chi connectivity index (χ1) is 14.7. The van der Waals surface area contributed by atoms with Crippen LogP contribution in [0.1, 0.15) is 36.5 Å². The molecule has 0 saturated heterocycles. The summed E-state index contributed by atoms with van der Waals surface area (Å²) in [4.78, 5) is 18.9. The van der Waals surface area contributed by atoms with Crippen molar-refractivity contribution < 1.29 is 9.47 Å². The first-order valence-electron chi connectivity index (χ1n) is 9.70. The summed E-state index contributed by atoms with van der Waals surface area (Å²) in [6, 6.07) is 9.68. The Morgan fingerprint density at radius 1 is 1.13 bits per heavy atom. The number of benzene rings is 1. The van der Waals surface area contributed by atoms with Gasteiger partial charge < -0.3 is 9.47 Å². The zero-order valence-corrected chi connectivity index (χ0v) is 18.3. The van der Waals surface area contributed by atoms with Crippen LogP contribution in [-0.4, -0.2) is 27.8 Å². The molecule has 0 fully saturated rings. The number of hydrogen-bond acceptors (Lipinski definition) is 7. The molecule has 0 saturated carbocycles. The summed E-state index contributed by atoms with van der Waals surface area (Å²) in [7, 11) is 0. The van der Waals surface area contributed by atoms with Gasteiger partial charge in [0.15, 0.2) is 17.3 Å². The largest absolute Gasteiger partial charge is 0.490 e. The highest BCUT2D eigenvalue weighted by atomic mass is 32.1. The lowest BCUT2D eigenvalue weighted by Gasteiger charge is -2.11. The lowest BCUT2D eigenvalue weighted by atomic mass is 10.2. The molecular formula is C22H21N3O3S2. The molecule has 0 bridgehead atoms. The number of thiazole rings is 1. The molecule has 0 radical (unpaired) electrons. The van der Waals surface area contributed by atoms with E-state index in [4.69, 9.17) is 9.47 Å². The summed E-state index contributed by atoms with van der Waals surface area (Å²) < 4.78 is 13.4. The lowest BCUT2D eigenvalue weighted by molar-refractivity contribution is 0.277. The maximum absolute atomic E-state index is 12.8. The van der Waals surface area contributed by atoms with E-state index in [0.717, 1.165) is 16.9 Å². The predicted molar refractivity (Wildman–Crippen MR) is 123 cm³/mol. The van der Waals surface area contributed by atoms with Crippen molar-refractivity contribution in [2.45, 2.75) is 20.3 Å². The van der Waals surface area contributed by atoms with E-state index >= 15 is 0 Å². The Labute approximate surface area is 181 Å². The summed E-state index contributed by atoms with van der Waals surface area (Å²) in [6.45, 7) is 5.16. The zero-order chi connectivity index (χ0) is 20.9. The molecule has 0 aliphatic rings. The molecule has 154 valence electrons. The Hall–Kier alpha value is -2.97. The van der Waals surface area contributed by atoms with Crippen molar-refractivity contribution in [1.29, 1.82) is 0 Å². The molecule has 4 aromatic rings. The van der Waals surface area contributed by atoms with Crippen LogP contribution in [0.2, 0.25) is 0 Å². The Morgan fingerprint density at radius 3 is 2.77 bits per heavy atom. The average molecular weight is 440 g/mol. The van der Waals surface area contributed by atoms with Crippen molar-refractivity contribution in [3.63, 3.8) is 0 Å². The number of nitrogens with zero attached hydrogens (tertiary/aromatic N) is 3. The zero-order valence-electron chi connectivity index (χ0n) is 16.7. The molecule has 0 amide bonds. The smallest absolute Gasteiger partial charge is 0.291 e. The highest BCUT2D eigenvalue weighted by Crippen LogP contribution is 2.29. The van der Waals surface area contributed by atoms with Crippen molar-refractivity contribution in [3.8, 4) is 11.5 Å². The summed E-state index contributed by atoms with van der Waals surface area (Å²) in [6.07, 6.45) is 6.51. The van der Waals surface area contributed by atoms with Gasteiger partial charge in [-0.2, -0.15) is 9.50 Å². The van der Waals surface area contributed by atoms with E-state index in [-0.39, 0.29) is 5.56 Å². The maximum atomic E-state index is 12.8. The highest BCUT2D eigenvalue weighted by molar-refractivity contribution is 7.15. The van der Waals surface area contributed by atoms with Crippen molar-refractivity contribution in [2.24, 2.45) is 0 Å². The molecule has 0 spiro atoms. The van der Waals surface area contributed by atoms with E-state index in [1.54, 1.807) is 11.3 Å². The third-order valence-corrected chi connectivity index (χ3v) is 5.96. The van der Waals surface area contributed by atoms with Gasteiger partial charge in [-0.25, -0.2) is 0 Å². The highest BCUT2D eigenvalue weighted by Gasteiger charge is 2.10. The second kappa shape index (κ2) is 9.23. The molecule has 3 heterocycles. The lowest BCUT2D eigenvalue weighted by Crippen LogP contribution is -2.23. The normalized spacial score (nSPS) is 12.3. The number of rotatable bonds is 8. The molecule has 0 aliphatic heterocycles. The molecule has 0 atom stereocenters. The SMILES string of the molecule is CCCOc1ccc(/C=c2\sc3nc(/C=C/c4cccs4)nn3c2=O)cc1OCC. The first kappa shape index (κ1) is 20.3. The quantitative estimate of drug-likeness (QED) is 0.413. The molecule has 1 aromatic carbocycles. The fourth-order valence-electron chi connectivity index (χ4n) is 2.83. The van der Waals surface area contributed by atoms with Gasteiger partial charge in [0.2, 0.25) is 4.96 Å². The summed E-state index contributed by atoms with van der Waals surface area (Å²) in [5.74, 6) is 1.91. The molecular weight excluding hydrogens is 418 g/mol. The fraction of sp³-hybridized carbons (Fsp3) is 0.227. The number of fused-ring (bicyclic) bond motifs is 1. The number of thiophene rings is 1. The van der Waals surface area contributed by atoms with Crippen LogP contribution in [0.5, 0.6) is 11.5 Å². The molecule has 6 nitrogen and oxygen atoms in total. The van der Waals surface area contributed by atoms with Crippen LogP contribution in [-0.2, 0) is 0 Å². The number of ether oxygens (including phenoxy) is 2. The minimum Gasteiger partial charge on any atom is -0.490 e. The molecule has 8 heteroatoms. The minimum atomic E-state index is -0.178. The topological polar surface area (TPSA) is 65.7 Å². The van der Waals surface area contributed by atoms with Crippen LogP contribution in [0, 0.1) is 0 Å². The van der Waals surface area contributed by atoms with Gasteiger partial charge in [0, 0.05) is 4.88 Å². The maximum Gasteiger partial charge on any atom is 0.291 e. The Bertz CT molecular complexity index is 1270. The molecule has 30 heavy (non-hydrogen) atoms. The Morgan fingerprint density at radius 2 is 2.03 bits per heavy atom. The second-order valence-electron chi connectivity index (χ2n) is 6.42. The molecule has 0 N–H and O–H groups in total. The Kier molecular flexibility index (Phi) is 6.25. The van der Waals surface area contributed by atoms with Crippen LogP contribution in [0.25, 0.3) is 23.2 Å². The van der Waals surface area contributed by atoms with Gasteiger partial charge in [-0.3, -0.25) is 4.79 Å². The van der Waals surface area contributed by atoms with Crippen molar-refractivity contribution in [3.05, 3.63) is 66.9 Å². The van der Waals surface area contributed by atoms with E-state index in [0.29, 0.717) is 40.0 Å². The molecule has 0 aliphatic carbocycles. The van der Waals surface area contributed by atoms with E-state index in [1.807, 2.05) is 60.9 Å². The van der Waals surface area contributed by atoms with Crippen molar-refractivity contribution in [1.82, 2.24) is 14.6 Å². The minimum absolute atomic E-state index is 0.178. The average Bonchev–Trinajstić information content (AvgIpc) is 3.46. The van der Waals surface area contributed by atoms with Gasteiger partial charge in [0.25, 0.3) is 5.56 Å². The van der Waals surface area contributed by atoms with Gasteiger partial charge >= 0.3 is 0 Å². The predicted octanol–water partition coefficient (Wildman–Crippen LogP) is 4.12. The third kappa shape index (κ3) is 4.44. The summed E-state index contributed by atoms with van der Waals surface area (Å²) >= 11 is 2.95. The van der Waals surface area contributed by atoms with Crippen LogP contribution >= 0.6 is 22.7 Å². The molecule has 0 unspecified atom stereocenters. The van der Waals surface area contributed by atoms with E-state index in [2.05, 4.69) is 17.0 Å². The summed E-state index contributed by atoms with van der Waals surface area (Å²) in [5, 5.41) is 6.34. The first-order valence-corrected chi connectivity index (χ1v) is 11.4. The standard InChI is InChI=1S/C22H21N3O3S2/c1-3-11-28-17-9-7-15(13-18(17)27-4-2)14-19-21(26)25-22(30-19)23-20(24-25)10-8-16-6-5-12-29-16/h5-10,12-14H,3-4,11H2,1-2H3/b10-8+,19-14-. The summed E-state index contributed by atoms with van der Waals surface area (Å²) in [5.41, 5.74) is 0.684. The molecule has 3 aromatic heterocycles. The van der Waals surface area contributed by atoms with Crippen LogP contribution in [0.3, 0.4) is 0 Å². The van der Waals surface area contributed by atoms with Gasteiger partial charge in [0.05, 0.1) is 17.7 Å². The molecule has 4 rings (SSSR count). The third-order valence-electron chi connectivity index (χ3n) is 4.17. The van der Waals surface area contributed by atoms with Crippen LogP contribution in [0.15, 0.2) is 40.5 Å². The van der Waals surface area contributed by atoms with E-state index < -0.39 is 0 Å². The van der Waals surface area contributed by atoms with Crippen LogP contribution < -0.4 is 19.6 Å². The van der Waals surface area contributed by atoms with Crippen LogP contribution in [0.4, 0.5) is 0 Å². The Balaban J connectivity index is 1.64. The van der Waals surface area contributed by atoms with Gasteiger partial charge in [0.1, 0.15) is 0 Å². The monoisotopic (exact) mass is 439 g/mol. The fourth-order valence-corrected chi connectivity index (χ4v) is 4.36. The van der Waals surface area contributed by atoms with Crippen molar-refractivity contribution >= 4 is 45.9 Å². The van der Waals surface area contributed by atoms with Crippen molar-refractivity contribution in [2.75, 3.05) is 13.2 Å². The van der Waals surface area contributed by atoms with Gasteiger partial charge in [-0.05, 0) is 60.7 Å².